The minimum absolute atomic E-state index is 0.142. The van der Waals surface area contributed by atoms with Gasteiger partial charge in [0.05, 0.1) is 11.4 Å². The lowest BCUT2D eigenvalue weighted by Gasteiger charge is -2.22. The van der Waals surface area contributed by atoms with E-state index < -0.39 is 0 Å². The zero-order chi connectivity index (χ0) is 34.8. The molecule has 1 aliphatic carbocycles. The van der Waals surface area contributed by atoms with Gasteiger partial charge in [0.25, 0.3) is 0 Å². The molecule has 0 saturated heterocycles. The number of fused-ring (bicyclic) bond motifs is 5. The highest BCUT2D eigenvalue weighted by Crippen LogP contribution is 2.53. The largest absolute Gasteiger partial charge is 0.456 e. The zero-order valence-corrected chi connectivity index (χ0v) is 29.0. The standard InChI is InChI=1S/C49H34N2O/c1-49(2)41-21-12-20-39(47(41)40-27-34-15-6-7-16-35(34)28-42(40)49)44-30-43(50-48(51-44)33-13-4-3-5-14-33)32-25-23-31(24-26-32)37-18-9-10-19-38(37)46-29-36-17-8-11-22-45(36)52-46/h3-30H,1-2H3. The molecule has 3 nitrogen and oxygen atoms in total. The molecule has 0 atom stereocenters. The van der Waals surface area contributed by atoms with Crippen LogP contribution in [0, 0.1) is 0 Å². The van der Waals surface area contributed by atoms with Gasteiger partial charge in [-0.2, -0.15) is 0 Å². The highest BCUT2D eigenvalue weighted by molar-refractivity contribution is 5.98. The Hall–Kier alpha value is -6.58. The van der Waals surface area contributed by atoms with Gasteiger partial charge in [-0.1, -0.05) is 153 Å². The van der Waals surface area contributed by atoms with Crippen molar-refractivity contribution in [2.45, 2.75) is 19.3 Å². The SMILES string of the molecule is CC1(C)c2cc3ccccc3cc2-c2c(-c3cc(-c4ccc(-c5ccccc5-c5cc6ccccc6o5)cc4)nc(-c4ccccc4)n3)cccc21. The lowest BCUT2D eigenvalue weighted by molar-refractivity contribution is 0.632. The fourth-order valence-corrected chi connectivity index (χ4v) is 8.02. The first-order valence-electron chi connectivity index (χ1n) is 17.8. The number of nitrogens with zero attached hydrogens (tertiary/aromatic N) is 2. The Morgan fingerprint density at radius 1 is 0.423 bits per heavy atom. The summed E-state index contributed by atoms with van der Waals surface area (Å²) in [6.45, 7) is 4.68. The van der Waals surface area contributed by atoms with Crippen molar-refractivity contribution in [2.24, 2.45) is 0 Å². The number of furan rings is 1. The van der Waals surface area contributed by atoms with Crippen molar-refractivity contribution in [3.05, 3.63) is 181 Å². The molecule has 0 aliphatic heterocycles. The van der Waals surface area contributed by atoms with Gasteiger partial charge >= 0.3 is 0 Å². The quantitative estimate of drug-likeness (QED) is 0.183. The lowest BCUT2D eigenvalue weighted by atomic mass is 9.81. The summed E-state index contributed by atoms with van der Waals surface area (Å²) in [7, 11) is 0. The van der Waals surface area contributed by atoms with Gasteiger partial charge in [-0.15, -0.1) is 0 Å². The predicted octanol–water partition coefficient (Wildman–Crippen LogP) is 13.0. The number of rotatable bonds is 5. The Balaban J connectivity index is 1.11. The second kappa shape index (κ2) is 11.8. The Morgan fingerprint density at radius 2 is 1.06 bits per heavy atom. The van der Waals surface area contributed by atoms with Crippen LogP contribution in [0.5, 0.6) is 0 Å². The molecule has 0 bridgehead atoms. The van der Waals surface area contributed by atoms with Crippen LogP contribution in [0.3, 0.4) is 0 Å². The van der Waals surface area contributed by atoms with Crippen LogP contribution in [0.2, 0.25) is 0 Å². The molecule has 52 heavy (non-hydrogen) atoms. The maximum absolute atomic E-state index is 6.29. The van der Waals surface area contributed by atoms with Crippen LogP contribution in [0.15, 0.2) is 174 Å². The van der Waals surface area contributed by atoms with Crippen LogP contribution in [-0.2, 0) is 5.41 Å². The molecule has 2 heterocycles. The van der Waals surface area contributed by atoms with Crippen LogP contribution in [0.4, 0.5) is 0 Å². The van der Waals surface area contributed by atoms with Crippen molar-refractivity contribution in [2.75, 3.05) is 0 Å². The van der Waals surface area contributed by atoms with Crippen LogP contribution < -0.4 is 0 Å². The number of aromatic nitrogens is 2. The van der Waals surface area contributed by atoms with Gasteiger partial charge in [0, 0.05) is 33.1 Å². The van der Waals surface area contributed by atoms with Gasteiger partial charge in [0.1, 0.15) is 11.3 Å². The number of benzene rings is 7. The normalized spacial score (nSPS) is 13.0. The van der Waals surface area contributed by atoms with Crippen LogP contribution >= 0.6 is 0 Å². The minimum atomic E-state index is -0.142. The molecule has 0 amide bonds. The molecule has 10 rings (SSSR count). The number of hydrogen-bond acceptors (Lipinski definition) is 3. The maximum Gasteiger partial charge on any atom is 0.160 e. The smallest absolute Gasteiger partial charge is 0.160 e. The van der Waals surface area contributed by atoms with Crippen molar-refractivity contribution < 1.29 is 4.42 Å². The Kier molecular flexibility index (Phi) is 6.84. The predicted molar refractivity (Wildman–Crippen MR) is 214 cm³/mol. The Labute approximate surface area is 302 Å². The second-order valence-corrected chi connectivity index (χ2v) is 14.2. The van der Waals surface area contributed by atoms with E-state index in [1.807, 2.05) is 36.4 Å². The summed E-state index contributed by atoms with van der Waals surface area (Å²) in [6, 6.07) is 60.0. The third-order valence-electron chi connectivity index (χ3n) is 10.7. The molecule has 0 N–H and O–H groups in total. The molecular weight excluding hydrogens is 633 g/mol. The summed E-state index contributed by atoms with van der Waals surface area (Å²) in [5.74, 6) is 1.57. The van der Waals surface area contributed by atoms with Crippen molar-refractivity contribution >= 4 is 21.7 Å². The van der Waals surface area contributed by atoms with E-state index in [0.29, 0.717) is 5.82 Å². The van der Waals surface area contributed by atoms with Crippen LogP contribution in [-0.4, -0.2) is 9.97 Å². The van der Waals surface area contributed by atoms with E-state index in [-0.39, 0.29) is 5.41 Å². The van der Waals surface area contributed by atoms with Gasteiger partial charge < -0.3 is 4.42 Å². The maximum atomic E-state index is 6.29. The molecule has 9 aromatic rings. The lowest BCUT2D eigenvalue weighted by Crippen LogP contribution is -2.14. The molecule has 0 radical (unpaired) electrons. The molecule has 7 aromatic carbocycles. The van der Waals surface area contributed by atoms with Crippen molar-refractivity contribution in [1.29, 1.82) is 0 Å². The average molecular weight is 667 g/mol. The van der Waals surface area contributed by atoms with Gasteiger partial charge in [0.15, 0.2) is 5.82 Å². The highest BCUT2D eigenvalue weighted by atomic mass is 16.3. The van der Waals surface area contributed by atoms with Gasteiger partial charge in [0.2, 0.25) is 0 Å². The molecule has 246 valence electrons. The van der Waals surface area contributed by atoms with E-state index in [9.17, 15) is 0 Å². The molecule has 0 saturated carbocycles. The molecule has 1 aliphatic rings. The summed E-state index contributed by atoms with van der Waals surface area (Å²) in [6.07, 6.45) is 0. The molecule has 2 aromatic heterocycles. The van der Waals surface area contributed by atoms with Crippen molar-refractivity contribution in [3.8, 4) is 67.5 Å². The number of hydrogen-bond donors (Lipinski definition) is 0. The molecule has 3 heteroatoms. The summed E-state index contributed by atoms with van der Waals surface area (Å²) in [5, 5.41) is 3.61. The molecule has 0 unspecified atom stereocenters. The summed E-state index contributed by atoms with van der Waals surface area (Å²) in [5.41, 5.74) is 14.2. The monoisotopic (exact) mass is 666 g/mol. The molecular formula is C49H34N2O. The van der Waals surface area contributed by atoms with E-state index in [2.05, 4.69) is 147 Å². The Morgan fingerprint density at radius 3 is 1.85 bits per heavy atom. The second-order valence-electron chi connectivity index (χ2n) is 14.2. The summed E-state index contributed by atoms with van der Waals surface area (Å²) in [4.78, 5) is 10.4. The van der Waals surface area contributed by atoms with Gasteiger partial charge in [-0.25, -0.2) is 9.97 Å². The van der Waals surface area contributed by atoms with Crippen LogP contribution in [0.1, 0.15) is 25.0 Å². The molecule has 0 spiro atoms. The van der Waals surface area contributed by atoms with E-state index in [4.69, 9.17) is 14.4 Å². The zero-order valence-electron chi connectivity index (χ0n) is 29.0. The Bertz CT molecular complexity index is 2780. The van der Waals surface area contributed by atoms with Crippen LogP contribution in [0.25, 0.3) is 89.2 Å². The topological polar surface area (TPSA) is 38.9 Å². The van der Waals surface area contributed by atoms with Gasteiger partial charge in [-0.3, -0.25) is 0 Å². The van der Waals surface area contributed by atoms with E-state index in [0.717, 1.165) is 61.5 Å². The first kappa shape index (κ1) is 30.3. The summed E-state index contributed by atoms with van der Waals surface area (Å²) < 4.78 is 6.29. The first-order chi connectivity index (χ1) is 25.5. The minimum Gasteiger partial charge on any atom is -0.456 e. The third-order valence-corrected chi connectivity index (χ3v) is 10.7. The van der Waals surface area contributed by atoms with E-state index in [1.165, 1.54) is 33.0 Å². The van der Waals surface area contributed by atoms with Gasteiger partial charge in [-0.05, 0) is 74.5 Å². The molecule has 0 fully saturated rings. The fraction of sp³-hybridized carbons (Fsp3) is 0.0612. The average Bonchev–Trinajstić information content (AvgIpc) is 3.73. The number of para-hydroxylation sites is 1. The van der Waals surface area contributed by atoms with Crippen molar-refractivity contribution in [1.82, 2.24) is 9.97 Å². The van der Waals surface area contributed by atoms with E-state index >= 15 is 0 Å². The van der Waals surface area contributed by atoms with Crippen molar-refractivity contribution in [3.63, 3.8) is 0 Å². The van der Waals surface area contributed by atoms with E-state index in [1.54, 1.807) is 0 Å². The fourth-order valence-electron chi connectivity index (χ4n) is 8.02. The third kappa shape index (κ3) is 4.89. The highest BCUT2D eigenvalue weighted by Gasteiger charge is 2.37. The summed E-state index contributed by atoms with van der Waals surface area (Å²) >= 11 is 0. The first-order valence-corrected chi connectivity index (χ1v) is 17.8.